The number of nitrogen functional groups attached to an aromatic ring is 1. The van der Waals surface area contributed by atoms with Gasteiger partial charge >= 0.3 is 0 Å². The molecule has 152 valence electrons. The van der Waals surface area contributed by atoms with Crippen LogP contribution in [0.1, 0.15) is 82.6 Å². The molecule has 2 atom stereocenters. The van der Waals surface area contributed by atoms with E-state index < -0.39 is 5.60 Å². The smallest absolute Gasteiger partial charge is 0.0925 e. The minimum absolute atomic E-state index is 0.268. The Morgan fingerprint density at radius 2 is 1.63 bits per heavy atom. The normalized spacial score (nSPS) is 24.3. The van der Waals surface area contributed by atoms with E-state index in [1.54, 1.807) is 0 Å². The maximum Gasteiger partial charge on any atom is 0.0925 e. The quantitative estimate of drug-likeness (QED) is 0.498. The first-order valence-electron chi connectivity index (χ1n) is 10.7. The predicted octanol–water partition coefficient (Wildman–Crippen LogP) is 6.05. The summed E-state index contributed by atoms with van der Waals surface area (Å²) in [5.41, 5.74) is 6.30. The zero-order valence-corrected chi connectivity index (χ0v) is 17.8. The summed E-state index contributed by atoms with van der Waals surface area (Å²) >= 11 is 12.6. The first kappa shape index (κ1) is 21.2. The van der Waals surface area contributed by atoms with Gasteiger partial charge in [0, 0.05) is 6.04 Å². The summed E-state index contributed by atoms with van der Waals surface area (Å²) in [4.78, 5) is 0. The Labute approximate surface area is 174 Å². The molecule has 2 fully saturated rings. The summed E-state index contributed by atoms with van der Waals surface area (Å²) in [7, 11) is 0. The molecule has 3 nitrogen and oxygen atoms in total. The topological polar surface area (TPSA) is 58.3 Å². The molecule has 2 aliphatic rings. The summed E-state index contributed by atoms with van der Waals surface area (Å²) in [6.45, 7) is 1.13. The van der Waals surface area contributed by atoms with Gasteiger partial charge < -0.3 is 16.2 Å². The molecule has 0 amide bonds. The molecule has 4 N–H and O–H groups in total. The third kappa shape index (κ3) is 5.32. The van der Waals surface area contributed by atoms with Gasteiger partial charge in [-0.2, -0.15) is 0 Å². The van der Waals surface area contributed by atoms with Gasteiger partial charge in [0.15, 0.2) is 0 Å². The molecular weight excluding hydrogens is 379 g/mol. The number of benzene rings is 1. The standard InChI is InChI=1S/C22H34Cl2N2O/c23-19-14-17(15-20(24)21(19)25)22(27,16-8-3-1-4-9-16)12-7-11-18-10-5-2-6-13-26-18/h14-16,18,26-27H,1-13,25H2. The van der Waals surface area contributed by atoms with Crippen molar-refractivity contribution in [1.82, 2.24) is 5.32 Å². The fourth-order valence-electron chi connectivity index (χ4n) is 4.96. The first-order valence-corrected chi connectivity index (χ1v) is 11.5. The number of rotatable bonds is 6. The second-order valence-corrected chi connectivity index (χ2v) is 9.32. The van der Waals surface area contributed by atoms with E-state index in [1.807, 2.05) is 12.1 Å². The van der Waals surface area contributed by atoms with Crippen molar-refractivity contribution < 1.29 is 5.11 Å². The number of nitrogens with two attached hydrogens (primary N) is 1. The van der Waals surface area contributed by atoms with Crippen LogP contribution in [0.4, 0.5) is 5.69 Å². The van der Waals surface area contributed by atoms with E-state index in [0.29, 0.717) is 21.8 Å². The zero-order chi connectivity index (χ0) is 19.3. The van der Waals surface area contributed by atoms with Crippen LogP contribution in [0, 0.1) is 5.92 Å². The van der Waals surface area contributed by atoms with Gasteiger partial charge in [-0.1, -0.05) is 55.3 Å². The highest BCUT2D eigenvalue weighted by Crippen LogP contribution is 2.45. The van der Waals surface area contributed by atoms with E-state index >= 15 is 0 Å². The molecule has 1 saturated carbocycles. The van der Waals surface area contributed by atoms with Crippen LogP contribution in [0.3, 0.4) is 0 Å². The van der Waals surface area contributed by atoms with Gasteiger partial charge in [-0.3, -0.25) is 0 Å². The number of nitrogens with one attached hydrogen (secondary N) is 1. The van der Waals surface area contributed by atoms with Gasteiger partial charge in [0.1, 0.15) is 0 Å². The maximum absolute atomic E-state index is 11.9. The van der Waals surface area contributed by atoms with Crippen molar-refractivity contribution in [3.05, 3.63) is 27.7 Å². The molecular formula is C22H34Cl2N2O. The summed E-state index contributed by atoms with van der Waals surface area (Å²) in [5.74, 6) is 0.268. The van der Waals surface area contributed by atoms with Crippen LogP contribution in [0.15, 0.2) is 12.1 Å². The number of anilines is 1. The van der Waals surface area contributed by atoms with E-state index in [-0.39, 0.29) is 5.92 Å². The lowest BCUT2D eigenvalue weighted by molar-refractivity contribution is -0.0483. The molecule has 27 heavy (non-hydrogen) atoms. The van der Waals surface area contributed by atoms with E-state index in [0.717, 1.165) is 44.2 Å². The van der Waals surface area contributed by atoms with Gasteiger partial charge in [0.05, 0.1) is 21.3 Å². The van der Waals surface area contributed by atoms with Gasteiger partial charge in [0.2, 0.25) is 0 Å². The Balaban J connectivity index is 1.75. The Bertz CT molecular complexity index is 587. The molecule has 0 aromatic heterocycles. The van der Waals surface area contributed by atoms with Crippen LogP contribution in [-0.4, -0.2) is 17.7 Å². The van der Waals surface area contributed by atoms with Crippen molar-refractivity contribution in [3.8, 4) is 0 Å². The third-order valence-electron chi connectivity index (χ3n) is 6.63. The predicted molar refractivity (Wildman–Crippen MR) is 115 cm³/mol. The fraction of sp³-hybridized carbons (Fsp3) is 0.727. The Morgan fingerprint density at radius 3 is 2.33 bits per heavy atom. The summed E-state index contributed by atoms with van der Waals surface area (Å²) in [5, 5.41) is 16.4. The zero-order valence-electron chi connectivity index (χ0n) is 16.3. The van der Waals surface area contributed by atoms with Crippen molar-refractivity contribution in [1.29, 1.82) is 0 Å². The fourth-order valence-corrected chi connectivity index (χ4v) is 5.45. The highest BCUT2D eigenvalue weighted by atomic mass is 35.5. The Morgan fingerprint density at radius 1 is 1.00 bits per heavy atom. The lowest BCUT2D eigenvalue weighted by Crippen LogP contribution is -2.37. The molecule has 1 heterocycles. The highest BCUT2D eigenvalue weighted by molar-refractivity contribution is 6.38. The van der Waals surface area contributed by atoms with Gasteiger partial charge in [-0.25, -0.2) is 0 Å². The van der Waals surface area contributed by atoms with Crippen molar-refractivity contribution >= 4 is 28.9 Å². The summed E-state index contributed by atoms with van der Waals surface area (Å²) in [6, 6.07) is 4.25. The monoisotopic (exact) mass is 412 g/mol. The van der Waals surface area contributed by atoms with Crippen molar-refractivity contribution in [3.63, 3.8) is 0 Å². The van der Waals surface area contributed by atoms with E-state index in [9.17, 15) is 5.11 Å². The van der Waals surface area contributed by atoms with Crippen molar-refractivity contribution in [2.75, 3.05) is 12.3 Å². The van der Waals surface area contributed by atoms with E-state index in [2.05, 4.69) is 5.32 Å². The van der Waals surface area contributed by atoms with Crippen LogP contribution in [0.2, 0.25) is 10.0 Å². The van der Waals surface area contributed by atoms with Crippen LogP contribution in [-0.2, 0) is 5.60 Å². The molecule has 0 radical (unpaired) electrons. The SMILES string of the molecule is Nc1c(Cl)cc(C(O)(CCCC2CCCCCN2)C2CCCCC2)cc1Cl. The number of hydrogen-bond donors (Lipinski definition) is 3. The highest BCUT2D eigenvalue weighted by Gasteiger charge is 2.39. The second kappa shape index (κ2) is 9.82. The van der Waals surface area contributed by atoms with Crippen LogP contribution < -0.4 is 11.1 Å². The maximum atomic E-state index is 11.9. The lowest BCUT2D eigenvalue weighted by Gasteiger charge is -2.40. The minimum Gasteiger partial charge on any atom is -0.396 e. The number of hydrogen-bond acceptors (Lipinski definition) is 3. The first-order chi connectivity index (χ1) is 13.0. The molecule has 1 saturated heterocycles. The van der Waals surface area contributed by atoms with Crippen LogP contribution in [0.25, 0.3) is 0 Å². The minimum atomic E-state index is -0.869. The lowest BCUT2D eigenvalue weighted by atomic mass is 9.71. The van der Waals surface area contributed by atoms with Crippen LogP contribution >= 0.6 is 23.2 Å². The van der Waals surface area contributed by atoms with Crippen LogP contribution in [0.5, 0.6) is 0 Å². The van der Waals surface area contributed by atoms with Gasteiger partial charge in [-0.15, -0.1) is 0 Å². The molecule has 0 bridgehead atoms. The van der Waals surface area contributed by atoms with Gasteiger partial charge in [-0.05, 0) is 75.1 Å². The van der Waals surface area contributed by atoms with E-state index in [4.69, 9.17) is 28.9 Å². The molecule has 2 unspecified atom stereocenters. The largest absolute Gasteiger partial charge is 0.396 e. The number of halogens is 2. The van der Waals surface area contributed by atoms with Crippen molar-refractivity contribution in [2.24, 2.45) is 5.92 Å². The molecule has 1 aromatic carbocycles. The molecule has 0 spiro atoms. The Hall–Kier alpha value is -0.480. The molecule has 1 aliphatic carbocycles. The average Bonchev–Trinajstić information content (AvgIpc) is 2.95. The molecule has 3 rings (SSSR count). The Kier molecular flexibility index (Phi) is 7.73. The molecule has 1 aromatic rings. The summed E-state index contributed by atoms with van der Waals surface area (Å²) in [6.07, 6.45) is 13.8. The summed E-state index contributed by atoms with van der Waals surface area (Å²) < 4.78 is 0. The van der Waals surface area contributed by atoms with E-state index in [1.165, 1.54) is 44.9 Å². The number of aliphatic hydroxyl groups is 1. The average molecular weight is 413 g/mol. The molecule has 5 heteroatoms. The van der Waals surface area contributed by atoms with Crippen molar-refractivity contribution in [2.45, 2.75) is 88.7 Å². The molecule has 1 aliphatic heterocycles. The third-order valence-corrected chi connectivity index (χ3v) is 7.26. The second-order valence-electron chi connectivity index (χ2n) is 8.51. The van der Waals surface area contributed by atoms with Gasteiger partial charge in [0.25, 0.3) is 0 Å².